The van der Waals surface area contributed by atoms with Crippen LogP contribution in [0.25, 0.3) is 0 Å². The second kappa shape index (κ2) is 9.83. The van der Waals surface area contributed by atoms with E-state index in [4.69, 9.17) is 27.9 Å². The van der Waals surface area contributed by atoms with E-state index in [0.29, 0.717) is 15.8 Å². The van der Waals surface area contributed by atoms with Gasteiger partial charge in [0, 0.05) is 30.7 Å². The molecule has 5 nitrogen and oxygen atoms in total. The standard InChI is InChI=1S/C20H23Cl2N3O2/c21-16-6-7-19(18(22)12-16)27-14-23-20(26)24-17-8-10-25(11-9-17)13-15-4-2-1-3-5-15/h1-7,12,17H,8-11,13-14H2,(H2,23,24,26). The van der Waals surface area contributed by atoms with Gasteiger partial charge in [0.1, 0.15) is 5.75 Å². The lowest BCUT2D eigenvalue weighted by Gasteiger charge is -2.32. The van der Waals surface area contributed by atoms with Crippen molar-refractivity contribution >= 4 is 29.2 Å². The van der Waals surface area contributed by atoms with Crippen molar-refractivity contribution in [1.29, 1.82) is 0 Å². The molecule has 7 heteroatoms. The summed E-state index contributed by atoms with van der Waals surface area (Å²) in [6.07, 6.45) is 1.87. The minimum absolute atomic E-state index is 0.0417. The largest absolute Gasteiger partial charge is 0.472 e. The zero-order chi connectivity index (χ0) is 19.1. The average molecular weight is 408 g/mol. The summed E-state index contributed by atoms with van der Waals surface area (Å²) in [5, 5.41) is 6.65. The van der Waals surface area contributed by atoms with Crippen molar-refractivity contribution in [3.8, 4) is 5.75 Å². The van der Waals surface area contributed by atoms with Gasteiger partial charge in [-0.1, -0.05) is 53.5 Å². The van der Waals surface area contributed by atoms with Crippen LogP contribution in [0.2, 0.25) is 10.0 Å². The molecular formula is C20H23Cl2N3O2. The number of hydrogen-bond acceptors (Lipinski definition) is 3. The summed E-state index contributed by atoms with van der Waals surface area (Å²) >= 11 is 11.9. The van der Waals surface area contributed by atoms with Crippen LogP contribution >= 0.6 is 23.2 Å². The smallest absolute Gasteiger partial charge is 0.317 e. The zero-order valence-electron chi connectivity index (χ0n) is 15.0. The molecular weight excluding hydrogens is 385 g/mol. The van der Waals surface area contributed by atoms with Gasteiger partial charge in [-0.25, -0.2) is 4.79 Å². The summed E-state index contributed by atoms with van der Waals surface area (Å²) in [4.78, 5) is 14.5. The summed E-state index contributed by atoms with van der Waals surface area (Å²) in [6.45, 7) is 2.93. The Morgan fingerprint density at radius 1 is 1.11 bits per heavy atom. The van der Waals surface area contributed by atoms with Crippen LogP contribution in [0, 0.1) is 0 Å². The number of nitrogens with one attached hydrogen (secondary N) is 2. The highest BCUT2D eigenvalue weighted by molar-refractivity contribution is 6.35. The monoisotopic (exact) mass is 407 g/mol. The predicted octanol–water partition coefficient (Wildman–Crippen LogP) is 4.29. The summed E-state index contributed by atoms with van der Waals surface area (Å²) in [5.74, 6) is 0.482. The number of halogens is 2. The van der Waals surface area contributed by atoms with Gasteiger partial charge in [-0.05, 0) is 36.6 Å². The lowest BCUT2D eigenvalue weighted by molar-refractivity contribution is 0.183. The van der Waals surface area contributed by atoms with Gasteiger partial charge in [-0.2, -0.15) is 0 Å². The molecule has 2 amide bonds. The van der Waals surface area contributed by atoms with Crippen molar-refractivity contribution in [2.24, 2.45) is 0 Å². The van der Waals surface area contributed by atoms with Crippen molar-refractivity contribution in [3.05, 3.63) is 64.1 Å². The molecule has 1 heterocycles. The van der Waals surface area contributed by atoms with Crippen molar-refractivity contribution in [2.75, 3.05) is 19.8 Å². The lowest BCUT2D eigenvalue weighted by atomic mass is 10.0. The van der Waals surface area contributed by atoms with E-state index in [0.717, 1.165) is 32.5 Å². The first-order chi connectivity index (χ1) is 13.1. The summed E-state index contributed by atoms with van der Waals surface area (Å²) in [6, 6.07) is 15.3. The number of urea groups is 1. The first kappa shape index (κ1) is 19.8. The minimum Gasteiger partial charge on any atom is -0.472 e. The Balaban J connectivity index is 1.34. The third-order valence-electron chi connectivity index (χ3n) is 4.53. The molecule has 3 rings (SSSR count). The highest BCUT2D eigenvalue weighted by Gasteiger charge is 2.20. The zero-order valence-corrected chi connectivity index (χ0v) is 16.5. The van der Waals surface area contributed by atoms with E-state index in [-0.39, 0.29) is 18.8 Å². The van der Waals surface area contributed by atoms with Crippen LogP contribution < -0.4 is 15.4 Å². The van der Waals surface area contributed by atoms with Crippen LogP contribution in [0.3, 0.4) is 0 Å². The summed E-state index contributed by atoms with van der Waals surface area (Å²) in [5.41, 5.74) is 1.32. The number of amides is 2. The fourth-order valence-corrected chi connectivity index (χ4v) is 3.55. The quantitative estimate of drug-likeness (QED) is 0.701. The Morgan fingerprint density at radius 3 is 2.56 bits per heavy atom. The van der Waals surface area contributed by atoms with Crippen LogP contribution in [0.1, 0.15) is 18.4 Å². The number of carbonyl (C=O) groups excluding carboxylic acids is 1. The maximum absolute atomic E-state index is 12.0. The molecule has 144 valence electrons. The minimum atomic E-state index is -0.235. The molecule has 0 aromatic heterocycles. The second-order valence-corrected chi connectivity index (χ2v) is 7.39. The number of hydrogen-bond donors (Lipinski definition) is 2. The van der Waals surface area contributed by atoms with Gasteiger partial charge in [0.2, 0.25) is 0 Å². The van der Waals surface area contributed by atoms with Crippen molar-refractivity contribution < 1.29 is 9.53 Å². The third-order valence-corrected chi connectivity index (χ3v) is 5.06. The molecule has 0 aliphatic carbocycles. The third kappa shape index (κ3) is 6.31. The molecule has 0 atom stereocenters. The SMILES string of the molecule is O=C(NCOc1ccc(Cl)cc1Cl)NC1CCN(Cc2ccccc2)CC1. The molecule has 0 radical (unpaired) electrons. The van der Waals surface area contributed by atoms with Crippen LogP contribution in [-0.4, -0.2) is 36.8 Å². The topological polar surface area (TPSA) is 53.6 Å². The molecule has 1 aliphatic rings. The van der Waals surface area contributed by atoms with Gasteiger partial charge in [-0.15, -0.1) is 0 Å². The maximum atomic E-state index is 12.0. The first-order valence-corrected chi connectivity index (χ1v) is 9.74. The maximum Gasteiger partial charge on any atom is 0.317 e. The van der Waals surface area contributed by atoms with Crippen molar-refractivity contribution in [1.82, 2.24) is 15.5 Å². The molecule has 0 unspecified atom stereocenters. The number of carbonyl (C=O) groups is 1. The van der Waals surface area contributed by atoms with Gasteiger partial charge in [-0.3, -0.25) is 4.90 Å². The highest BCUT2D eigenvalue weighted by Crippen LogP contribution is 2.27. The van der Waals surface area contributed by atoms with E-state index < -0.39 is 0 Å². The van der Waals surface area contributed by atoms with E-state index in [9.17, 15) is 4.79 Å². The molecule has 2 aromatic rings. The molecule has 0 bridgehead atoms. The number of benzene rings is 2. The van der Waals surface area contributed by atoms with Gasteiger partial charge in [0.25, 0.3) is 0 Å². The summed E-state index contributed by atoms with van der Waals surface area (Å²) < 4.78 is 5.46. The highest BCUT2D eigenvalue weighted by atomic mass is 35.5. The van der Waals surface area contributed by atoms with Crippen molar-refractivity contribution in [3.63, 3.8) is 0 Å². The number of nitrogens with zero attached hydrogens (tertiary/aromatic N) is 1. The van der Waals surface area contributed by atoms with E-state index in [2.05, 4.69) is 39.8 Å². The van der Waals surface area contributed by atoms with Gasteiger partial charge in [0.15, 0.2) is 6.73 Å². The molecule has 1 aliphatic heterocycles. The van der Waals surface area contributed by atoms with E-state index >= 15 is 0 Å². The number of rotatable bonds is 6. The average Bonchev–Trinajstić information content (AvgIpc) is 2.66. The van der Waals surface area contributed by atoms with Crippen LogP contribution in [-0.2, 0) is 6.54 Å². The molecule has 2 N–H and O–H groups in total. The second-order valence-electron chi connectivity index (χ2n) is 6.55. The van der Waals surface area contributed by atoms with Crippen LogP contribution in [0.4, 0.5) is 4.79 Å². The predicted molar refractivity (Wildman–Crippen MR) is 108 cm³/mol. The fourth-order valence-electron chi connectivity index (χ4n) is 3.09. The number of ether oxygens (including phenoxy) is 1. The Hall–Kier alpha value is -1.95. The van der Waals surface area contributed by atoms with Crippen LogP contribution in [0.5, 0.6) is 5.75 Å². The van der Waals surface area contributed by atoms with E-state index in [1.165, 1.54) is 5.56 Å². The molecule has 1 fully saturated rings. The fraction of sp³-hybridized carbons (Fsp3) is 0.350. The van der Waals surface area contributed by atoms with E-state index in [1.807, 2.05) is 6.07 Å². The Morgan fingerprint density at radius 2 is 1.85 bits per heavy atom. The molecule has 0 saturated carbocycles. The Kier molecular flexibility index (Phi) is 7.21. The molecule has 0 spiro atoms. The first-order valence-electron chi connectivity index (χ1n) is 8.98. The van der Waals surface area contributed by atoms with Gasteiger partial charge >= 0.3 is 6.03 Å². The number of likely N-dealkylation sites (tertiary alicyclic amines) is 1. The van der Waals surface area contributed by atoms with Crippen LogP contribution in [0.15, 0.2) is 48.5 Å². The van der Waals surface area contributed by atoms with Gasteiger partial charge < -0.3 is 15.4 Å². The molecule has 1 saturated heterocycles. The lowest BCUT2D eigenvalue weighted by Crippen LogP contribution is -2.48. The van der Waals surface area contributed by atoms with E-state index in [1.54, 1.807) is 18.2 Å². The Labute approximate surface area is 169 Å². The number of piperidine rings is 1. The Bertz CT molecular complexity index is 750. The molecule has 2 aromatic carbocycles. The molecule has 27 heavy (non-hydrogen) atoms. The van der Waals surface area contributed by atoms with Gasteiger partial charge in [0.05, 0.1) is 5.02 Å². The van der Waals surface area contributed by atoms with Crippen molar-refractivity contribution in [2.45, 2.75) is 25.4 Å². The summed E-state index contributed by atoms with van der Waals surface area (Å²) in [7, 11) is 0. The normalized spacial score (nSPS) is 15.3.